The lowest BCUT2D eigenvalue weighted by Crippen LogP contribution is -2.14. The molecule has 0 unspecified atom stereocenters. The van der Waals surface area contributed by atoms with E-state index in [0.717, 1.165) is 0 Å². The first kappa shape index (κ1) is 20.8. The third-order valence-corrected chi connectivity index (χ3v) is 4.19. The van der Waals surface area contributed by atoms with Crippen LogP contribution in [0.1, 0.15) is 19.5 Å². The van der Waals surface area contributed by atoms with Gasteiger partial charge >= 0.3 is 0 Å². The average Bonchev–Trinajstić information content (AvgIpc) is 3.00. The molecule has 6 nitrogen and oxygen atoms in total. The maximum absolute atomic E-state index is 9.24. The number of halogens is 3. The number of nitrogens with one attached hydrogen (secondary N) is 1. The number of hydrogen-bond acceptors (Lipinski definition) is 6. The molecule has 1 heterocycles. The van der Waals surface area contributed by atoms with Gasteiger partial charge in [-0.05, 0) is 26.0 Å². The third kappa shape index (κ3) is 5.76. The van der Waals surface area contributed by atoms with Crippen molar-refractivity contribution in [1.82, 2.24) is 4.98 Å². The van der Waals surface area contributed by atoms with Crippen LogP contribution in [0.15, 0.2) is 16.5 Å². The van der Waals surface area contributed by atoms with E-state index in [1.165, 1.54) is 6.07 Å². The van der Waals surface area contributed by atoms with Crippen LogP contribution in [-0.4, -0.2) is 37.5 Å². The number of nitriles is 1. The number of ether oxygens (including phenoxy) is 2. The summed E-state index contributed by atoms with van der Waals surface area (Å²) in [6.45, 7) is 5.81. The fourth-order valence-electron chi connectivity index (χ4n) is 2.02. The van der Waals surface area contributed by atoms with Gasteiger partial charge in [-0.25, -0.2) is 0 Å². The van der Waals surface area contributed by atoms with Crippen molar-refractivity contribution in [3.05, 3.63) is 32.9 Å². The molecule has 1 aromatic carbocycles. The van der Waals surface area contributed by atoms with Crippen molar-refractivity contribution < 1.29 is 13.9 Å². The van der Waals surface area contributed by atoms with Gasteiger partial charge in [0.2, 0.25) is 17.5 Å². The van der Waals surface area contributed by atoms with Crippen LogP contribution in [0.2, 0.25) is 15.1 Å². The van der Waals surface area contributed by atoms with E-state index in [1.54, 1.807) is 6.07 Å². The van der Waals surface area contributed by atoms with Crippen LogP contribution in [0.3, 0.4) is 0 Å². The highest BCUT2D eigenvalue weighted by Gasteiger charge is 2.18. The Labute approximate surface area is 167 Å². The van der Waals surface area contributed by atoms with E-state index in [1.807, 2.05) is 19.9 Å². The molecule has 1 aromatic heterocycles. The Bertz CT molecular complexity index is 788. The van der Waals surface area contributed by atoms with Gasteiger partial charge < -0.3 is 19.2 Å². The van der Waals surface area contributed by atoms with Crippen molar-refractivity contribution in [2.75, 3.05) is 31.7 Å². The second-order valence-corrected chi connectivity index (χ2v) is 6.74. The highest BCUT2D eigenvalue weighted by Crippen LogP contribution is 2.37. The van der Waals surface area contributed by atoms with E-state index < -0.39 is 0 Å². The molecule has 1 N–H and O–H groups in total. The number of benzene rings is 1. The third-order valence-electron chi connectivity index (χ3n) is 3.17. The number of rotatable bonds is 9. The van der Waals surface area contributed by atoms with E-state index in [2.05, 4.69) is 10.3 Å². The number of nitrogens with zero attached hydrogens (tertiary/aromatic N) is 2. The van der Waals surface area contributed by atoms with Crippen LogP contribution in [0, 0.1) is 11.3 Å². The van der Waals surface area contributed by atoms with Crippen molar-refractivity contribution in [3.63, 3.8) is 0 Å². The van der Waals surface area contributed by atoms with E-state index in [4.69, 9.17) is 48.7 Å². The fraction of sp³-hybridized carbons (Fsp3) is 0.412. The summed E-state index contributed by atoms with van der Waals surface area (Å²) in [5.74, 6) is 0.390. The molecule has 0 atom stereocenters. The minimum Gasteiger partial charge on any atom is -0.419 e. The smallest absolute Gasteiger partial charge is 0.232 e. The van der Waals surface area contributed by atoms with E-state index >= 15 is 0 Å². The molecule has 0 aliphatic rings. The monoisotopic (exact) mass is 417 g/mol. The first-order chi connectivity index (χ1) is 12.4. The SMILES string of the molecule is CC(C)OCCOCCNc1oc(-c2cc(Cl)cc(Cl)c2Cl)nc1C#N. The van der Waals surface area contributed by atoms with Gasteiger partial charge in [0, 0.05) is 11.6 Å². The first-order valence-electron chi connectivity index (χ1n) is 7.91. The number of aromatic nitrogens is 1. The van der Waals surface area contributed by atoms with Gasteiger partial charge in [-0.2, -0.15) is 10.2 Å². The lowest BCUT2D eigenvalue weighted by atomic mass is 10.2. The molecule has 2 rings (SSSR count). The molecule has 2 aromatic rings. The van der Waals surface area contributed by atoms with E-state index in [0.29, 0.717) is 37.0 Å². The Morgan fingerprint density at radius 2 is 2.00 bits per heavy atom. The Kier molecular flexibility index (Phi) is 8.01. The second kappa shape index (κ2) is 10.0. The van der Waals surface area contributed by atoms with Gasteiger partial charge in [0.1, 0.15) is 6.07 Å². The lowest BCUT2D eigenvalue weighted by molar-refractivity contribution is 0.0222. The molecule has 140 valence electrons. The van der Waals surface area contributed by atoms with Crippen LogP contribution in [0.4, 0.5) is 5.88 Å². The van der Waals surface area contributed by atoms with Crippen molar-refractivity contribution in [2.45, 2.75) is 20.0 Å². The predicted octanol–water partition coefficient (Wildman–Crippen LogP) is 5.03. The zero-order chi connectivity index (χ0) is 19.1. The van der Waals surface area contributed by atoms with Gasteiger partial charge in [-0.1, -0.05) is 34.8 Å². The van der Waals surface area contributed by atoms with Gasteiger partial charge in [0.25, 0.3) is 0 Å². The molecule has 0 fully saturated rings. The Balaban J connectivity index is 1.98. The van der Waals surface area contributed by atoms with Crippen molar-refractivity contribution in [3.8, 4) is 17.5 Å². The highest BCUT2D eigenvalue weighted by atomic mass is 35.5. The standard InChI is InChI=1S/C17H18Cl3N3O3/c1-10(2)25-6-5-24-4-3-22-17-14(9-21)23-16(26-17)12-7-11(18)8-13(19)15(12)20/h7-8,10,22H,3-6H2,1-2H3. The molecule has 0 amide bonds. The summed E-state index contributed by atoms with van der Waals surface area (Å²) in [7, 11) is 0. The van der Waals surface area contributed by atoms with Gasteiger partial charge in [-0.3, -0.25) is 0 Å². The summed E-state index contributed by atoms with van der Waals surface area (Å²) >= 11 is 18.2. The van der Waals surface area contributed by atoms with Gasteiger partial charge in [0.15, 0.2) is 0 Å². The lowest BCUT2D eigenvalue weighted by Gasteiger charge is -2.08. The molecule has 0 aliphatic carbocycles. The average molecular weight is 419 g/mol. The van der Waals surface area contributed by atoms with Crippen LogP contribution < -0.4 is 5.32 Å². The number of oxazole rings is 1. The molecule has 0 saturated heterocycles. The minimum absolute atomic E-state index is 0.107. The quantitative estimate of drug-likeness (QED) is 0.454. The van der Waals surface area contributed by atoms with E-state index in [-0.39, 0.29) is 33.6 Å². The molecular weight excluding hydrogens is 401 g/mol. The molecule has 26 heavy (non-hydrogen) atoms. The minimum atomic E-state index is 0.107. The summed E-state index contributed by atoms with van der Waals surface area (Å²) in [6.07, 6.45) is 0.175. The Morgan fingerprint density at radius 3 is 2.69 bits per heavy atom. The topological polar surface area (TPSA) is 80.3 Å². The van der Waals surface area contributed by atoms with Crippen molar-refractivity contribution in [1.29, 1.82) is 5.26 Å². The largest absolute Gasteiger partial charge is 0.419 e. The van der Waals surface area contributed by atoms with E-state index in [9.17, 15) is 5.26 Å². The Morgan fingerprint density at radius 1 is 1.23 bits per heavy atom. The van der Waals surface area contributed by atoms with Crippen LogP contribution in [0.25, 0.3) is 11.5 Å². The molecule has 0 aliphatic heterocycles. The first-order valence-corrected chi connectivity index (χ1v) is 9.04. The molecule has 0 bridgehead atoms. The molecular formula is C17H18Cl3N3O3. The Hall–Kier alpha value is -1.49. The molecule has 0 radical (unpaired) electrons. The van der Waals surface area contributed by atoms with Crippen LogP contribution in [-0.2, 0) is 9.47 Å². The molecule has 0 saturated carbocycles. The van der Waals surface area contributed by atoms with Gasteiger partial charge in [-0.15, -0.1) is 0 Å². The zero-order valence-corrected chi connectivity index (χ0v) is 16.6. The van der Waals surface area contributed by atoms with Crippen LogP contribution in [0.5, 0.6) is 0 Å². The maximum atomic E-state index is 9.24. The fourth-order valence-corrected chi connectivity index (χ4v) is 2.71. The summed E-state index contributed by atoms with van der Waals surface area (Å²) in [6, 6.07) is 5.06. The normalized spacial score (nSPS) is 11.0. The van der Waals surface area contributed by atoms with Crippen molar-refractivity contribution >= 4 is 40.7 Å². The highest BCUT2D eigenvalue weighted by molar-refractivity contribution is 6.44. The summed E-state index contributed by atoms with van der Waals surface area (Å²) < 4.78 is 16.4. The number of hydrogen-bond donors (Lipinski definition) is 1. The predicted molar refractivity (Wildman–Crippen MR) is 102 cm³/mol. The zero-order valence-electron chi connectivity index (χ0n) is 14.3. The molecule has 9 heteroatoms. The second-order valence-electron chi connectivity index (χ2n) is 5.52. The summed E-state index contributed by atoms with van der Waals surface area (Å²) in [4.78, 5) is 4.14. The summed E-state index contributed by atoms with van der Waals surface area (Å²) in [5.41, 5.74) is 0.520. The number of anilines is 1. The molecule has 0 spiro atoms. The maximum Gasteiger partial charge on any atom is 0.232 e. The van der Waals surface area contributed by atoms with Gasteiger partial charge in [0.05, 0.1) is 41.5 Å². The van der Waals surface area contributed by atoms with Crippen molar-refractivity contribution in [2.24, 2.45) is 0 Å². The summed E-state index contributed by atoms with van der Waals surface area (Å²) in [5, 5.41) is 13.1. The van der Waals surface area contributed by atoms with Crippen LogP contribution >= 0.6 is 34.8 Å².